The predicted molar refractivity (Wildman–Crippen MR) is 114 cm³/mol. The Morgan fingerprint density at radius 3 is 2.69 bits per heavy atom. The summed E-state index contributed by atoms with van der Waals surface area (Å²) in [5, 5.41) is 5.45. The highest BCUT2D eigenvalue weighted by Crippen LogP contribution is 2.51. The first-order valence-electron chi connectivity index (χ1n) is 9.84. The summed E-state index contributed by atoms with van der Waals surface area (Å²) >= 11 is 0. The van der Waals surface area contributed by atoms with Crippen molar-refractivity contribution in [3.63, 3.8) is 0 Å². The van der Waals surface area contributed by atoms with Crippen molar-refractivity contribution in [2.75, 3.05) is 0 Å². The van der Waals surface area contributed by atoms with Gasteiger partial charge in [-0.3, -0.25) is 14.1 Å². The molecule has 4 N–H and O–H groups in total. The summed E-state index contributed by atoms with van der Waals surface area (Å²) in [5.41, 5.74) is 4.31. The summed E-state index contributed by atoms with van der Waals surface area (Å²) in [7, 11) is -3.67. The molecule has 3 aromatic rings. The van der Waals surface area contributed by atoms with Gasteiger partial charge in [-0.15, -0.1) is 10.8 Å². The zero-order valence-electron chi connectivity index (χ0n) is 15.9. The summed E-state index contributed by atoms with van der Waals surface area (Å²) in [6.45, 7) is 0. The average molecular weight is 415 g/mol. The molecule has 5 rings (SSSR count). The molecule has 1 aliphatic heterocycles. The second-order valence-corrected chi connectivity index (χ2v) is 9.41. The first kappa shape index (κ1) is 18.7. The minimum atomic E-state index is -3.67. The third-order valence-corrected chi connectivity index (χ3v) is 7.02. The van der Waals surface area contributed by atoms with Gasteiger partial charge in [0, 0.05) is 29.8 Å². The molecule has 1 saturated carbocycles. The highest BCUT2D eigenvalue weighted by Gasteiger charge is 2.28. The Balaban J connectivity index is 1.61. The normalized spacial score (nSPS) is 17.8. The third kappa shape index (κ3) is 3.16. The van der Waals surface area contributed by atoms with E-state index in [4.69, 9.17) is 5.14 Å². The number of hydrogen-bond donors (Lipinski definition) is 3. The highest BCUT2D eigenvalue weighted by atomic mass is 32.3. The molecule has 0 bridgehead atoms. The van der Waals surface area contributed by atoms with Gasteiger partial charge in [-0.1, -0.05) is 25.3 Å². The number of imidazole rings is 1. The molecule has 8 heteroatoms. The van der Waals surface area contributed by atoms with Crippen LogP contribution in [0.4, 0.5) is 10.1 Å². The van der Waals surface area contributed by atoms with Crippen LogP contribution in [0.1, 0.15) is 43.7 Å². The van der Waals surface area contributed by atoms with Crippen molar-refractivity contribution in [3.8, 4) is 11.1 Å². The van der Waals surface area contributed by atoms with E-state index in [0.717, 1.165) is 16.6 Å². The van der Waals surface area contributed by atoms with Crippen molar-refractivity contribution >= 4 is 33.7 Å². The number of nitrogens with two attached hydrogens (primary N) is 1. The van der Waals surface area contributed by atoms with Crippen LogP contribution < -0.4 is 5.14 Å². The number of aromatic nitrogens is 2. The monoisotopic (exact) mass is 414 g/mol. The number of benzene rings is 2. The lowest BCUT2D eigenvalue weighted by molar-refractivity contribution is 0.359. The zero-order chi connectivity index (χ0) is 20.2. The summed E-state index contributed by atoms with van der Waals surface area (Å²) < 4.78 is 36.8. The maximum atomic E-state index is 14.8. The molecule has 2 heterocycles. The lowest BCUT2D eigenvalue weighted by Gasteiger charge is -2.29. The second-order valence-electron chi connectivity index (χ2n) is 7.82. The number of fused-ring (bicyclic) bond motifs is 2. The predicted octanol–water partition coefficient (Wildman–Crippen LogP) is 5.59. The highest BCUT2D eigenvalue weighted by molar-refractivity contribution is 8.22. The van der Waals surface area contributed by atoms with Crippen LogP contribution in [0.5, 0.6) is 0 Å². The van der Waals surface area contributed by atoms with E-state index in [1.54, 1.807) is 6.21 Å². The van der Waals surface area contributed by atoms with E-state index >= 15 is 0 Å². The van der Waals surface area contributed by atoms with Crippen molar-refractivity contribution in [2.24, 2.45) is 10.1 Å². The largest absolute Gasteiger partial charge is 0.327 e. The SMILES string of the molecule is NS(O)(O)c1c(F)cc(-c2ccc3c(c2)ncn3C2CCCCC2)c2c1CC=N2. The zero-order valence-corrected chi connectivity index (χ0v) is 16.7. The van der Waals surface area contributed by atoms with E-state index in [1.807, 2.05) is 24.5 Å². The molecule has 152 valence electrons. The van der Waals surface area contributed by atoms with Gasteiger partial charge in [0.25, 0.3) is 0 Å². The van der Waals surface area contributed by atoms with Gasteiger partial charge in [0.1, 0.15) is 10.7 Å². The molecule has 0 radical (unpaired) electrons. The number of halogens is 1. The Morgan fingerprint density at radius 2 is 1.93 bits per heavy atom. The lowest BCUT2D eigenvalue weighted by Crippen LogP contribution is -2.13. The fourth-order valence-electron chi connectivity index (χ4n) is 4.63. The maximum Gasteiger partial charge on any atom is 0.148 e. The average Bonchev–Trinajstić information content (AvgIpc) is 3.33. The summed E-state index contributed by atoms with van der Waals surface area (Å²) in [6.07, 6.45) is 10.0. The van der Waals surface area contributed by atoms with Crippen LogP contribution in [0, 0.1) is 5.82 Å². The Kier molecular flexibility index (Phi) is 4.47. The molecule has 29 heavy (non-hydrogen) atoms. The minimum Gasteiger partial charge on any atom is -0.327 e. The van der Waals surface area contributed by atoms with Crippen LogP contribution in [0.2, 0.25) is 0 Å². The van der Waals surface area contributed by atoms with E-state index in [0.29, 0.717) is 29.3 Å². The molecule has 0 unspecified atom stereocenters. The lowest BCUT2D eigenvalue weighted by atomic mass is 9.95. The number of rotatable bonds is 3. The van der Waals surface area contributed by atoms with Crippen molar-refractivity contribution in [1.82, 2.24) is 9.55 Å². The Bertz CT molecular complexity index is 1130. The molecular formula is C21H23FN4O2S. The Morgan fingerprint density at radius 1 is 1.14 bits per heavy atom. The molecule has 2 aromatic carbocycles. The molecule has 1 aromatic heterocycles. The van der Waals surface area contributed by atoms with Crippen molar-refractivity contribution < 1.29 is 13.5 Å². The first-order chi connectivity index (χ1) is 13.9. The fraction of sp³-hybridized carbons (Fsp3) is 0.333. The molecule has 1 aliphatic carbocycles. The van der Waals surface area contributed by atoms with E-state index < -0.39 is 16.6 Å². The van der Waals surface area contributed by atoms with Crippen molar-refractivity contribution in [1.29, 1.82) is 0 Å². The Labute approximate surface area is 169 Å². The van der Waals surface area contributed by atoms with Crippen LogP contribution in [0.25, 0.3) is 22.2 Å². The van der Waals surface area contributed by atoms with Gasteiger partial charge in [0.15, 0.2) is 0 Å². The van der Waals surface area contributed by atoms with Gasteiger partial charge in [-0.25, -0.2) is 14.5 Å². The quantitative estimate of drug-likeness (QED) is 0.520. The van der Waals surface area contributed by atoms with Crippen molar-refractivity contribution in [2.45, 2.75) is 49.5 Å². The summed E-state index contributed by atoms with van der Waals surface area (Å²) in [5.74, 6) is -0.723. The standard InChI is InChI=1S/C21H23FN4O2S/c22-17-11-16(20-15(8-9-24-20)21(17)29(23,27)28)13-6-7-19-18(10-13)25-12-26(19)14-4-2-1-3-5-14/h6-7,9-12,14,27-28H,1-5,8,23H2. The van der Waals surface area contributed by atoms with Gasteiger partial charge in [-0.05, 0) is 36.6 Å². The third-order valence-electron chi connectivity index (χ3n) is 5.97. The minimum absolute atomic E-state index is 0.239. The fourth-order valence-corrected chi connectivity index (χ4v) is 5.52. The molecule has 2 aliphatic rings. The number of aliphatic imine (C=N–C) groups is 1. The number of hydrogen-bond acceptors (Lipinski definition) is 5. The van der Waals surface area contributed by atoms with Crippen LogP contribution in [0.3, 0.4) is 0 Å². The van der Waals surface area contributed by atoms with E-state index in [9.17, 15) is 13.5 Å². The summed E-state index contributed by atoms with van der Waals surface area (Å²) in [6, 6.07) is 7.70. The van der Waals surface area contributed by atoms with Crippen LogP contribution >= 0.6 is 10.8 Å². The maximum absolute atomic E-state index is 14.8. The van der Waals surface area contributed by atoms with E-state index in [1.165, 1.54) is 38.2 Å². The van der Waals surface area contributed by atoms with Gasteiger partial charge in [-0.2, -0.15) is 0 Å². The molecule has 0 spiro atoms. The molecule has 0 amide bonds. The van der Waals surface area contributed by atoms with Crippen LogP contribution in [-0.2, 0) is 6.42 Å². The molecule has 0 saturated heterocycles. The summed E-state index contributed by atoms with van der Waals surface area (Å²) in [4.78, 5) is 8.72. The van der Waals surface area contributed by atoms with Crippen LogP contribution in [0.15, 0.2) is 40.5 Å². The first-order valence-corrected chi connectivity index (χ1v) is 11.5. The molecule has 6 nitrogen and oxygen atoms in total. The van der Waals surface area contributed by atoms with Gasteiger partial charge in [0.2, 0.25) is 0 Å². The van der Waals surface area contributed by atoms with Crippen LogP contribution in [-0.4, -0.2) is 24.9 Å². The second kappa shape index (κ2) is 6.91. The smallest absolute Gasteiger partial charge is 0.148 e. The molecular weight excluding hydrogens is 391 g/mol. The molecule has 1 fully saturated rings. The Hall–Kier alpha value is -2.26. The number of nitrogens with zero attached hydrogens (tertiary/aromatic N) is 3. The van der Waals surface area contributed by atoms with Crippen molar-refractivity contribution in [3.05, 3.63) is 42.0 Å². The van der Waals surface area contributed by atoms with Gasteiger partial charge < -0.3 is 4.57 Å². The van der Waals surface area contributed by atoms with E-state index in [-0.39, 0.29) is 4.90 Å². The van der Waals surface area contributed by atoms with Gasteiger partial charge >= 0.3 is 0 Å². The molecule has 0 atom stereocenters. The topological polar surface area (TPSA) is 96.7 Å². The van der Waals surface area contributed by atoms with E-state index in [2.05, 4.69) is 14.5 Å². The van der Waals surface area contributed by atoms with Gasteiger partial charge in [0.05, 0.1) is 23.0 Å².